The standard InChI is InChI=1S/C24H17N3O3S/c28-24(29)13-31-23-11-21(26-27-23)19-8-18(9-20(10-19)22-12-25-14-30-22)17-6-5-15-3-1-2-4-16(15)7-17/h1-10,12,14H,11,13H2,(H,28,29). The third-order valence-corrected chi connectivity index (χ3v) is 5.98. The van der Waals surface area contributed by atoms with Crippen LogP contribution in [0.25, 0.3) is 33.2 Å². The highest BCUT2D eigenvalue weighted by Gasteiger charge is 2.18. The molecule has 0 radical (unpaired) electrons. The molecule has 1 N–H and O–H groups in total. The second-order valence-corrected chi connectivity index (χ2v) is 8.17. The van der Waals surface area contributed by atoms with Gasteiger partial charge in [0.05, 0.1) is 17.7 Å². The van der Waals surface area contributed by atoms with Crippen molar-refractivity contribution in [3.8, 4) is 22.5 Å². The Morgan fingerprint density at radius 1 is 0.935 bits per heavy atom. The van der Waals surface area contributed by atoms with Crippen molar-refractivity contribution in [3.05, 3.63) is 78.8 Å². The highest BCUT2D eigenvalue weighted by atomic mass is 32.2. The number of thioether (sulfide) groups is 1. The van der Waals surface area contributed by atoms with E-state index in [9.17, 15) is 4.79 Å². The lowest BCUT2D eigenvalue weighted by molar-refractivity contribution is -0.133. The molecule has 1 aliphatic heterocycles. The monoisotopic (exact) mass is 427 g/mol. The van der Waals surface area contributed by atoms with E-state index < -0.39 is 5.97 Å². The van der Waals surface area contributed by atoms with Gasteiger partial charge >= 0.3 is 5.97 Å². The Labute approximate surface area is 182 Å². The van der Waals surface area contributed by atoms with Crippen LogP contribution in [0.5, 0.6) is 0 Å². The van der Waals surface area contributed by atoms with Crippen LogP contribution >= 0.6 is 11.8 Å². The fourth-order valence-corrected chi connectivity index (χ4v) is 4.17. The highest BCUT2D eigenvalue weighted by Crippen LogP contribution is 2.32. The molecule has 7 heteroatoms. The minimum absolute atomic E-state index is 0.0257. The van der Waals surface area contributed by atoms with E-state index in [0.29, 0.717) is 17.2 Å². The van der Waals surface area contributed by atoms with Crippen LogP contribution in [-0.4, -0.2) is 32.6 Å². The first-order valence-corrected chi connectivity index (χ1v) is 10.7. The van der Waals surface area contributed by atoms with Gasteiger partial charge in [0.1, 0.15) is 5.04 Å². The number of fused-ring (bicyclic) bond motifs is 1. The lowest BCUT2D eigenvalue weighted by atomic mass is 9.95. The second kappa shape index (κ2) is 8.20. The number of oxazole rings is 1. The Balaban J connectivity index is 1.53. The van der Waals surface area contributed by atoms with Gasteiger partial charge in [0.15, 0.2) is 12.2 Å². The molecule has 1 aliphatic rings. The minimum atomic E-state index is -0.868. The Bertz CT molecular complexity index is 1340. The number of hydrogen-bond acceptors (Lipinski definition) is 6. The fourth-order valence-electron chi connectivity index (χ4n) is 3.55. The third kappa shape index (κ3) is 4.13. The van der Waals surface area contributed by atoms with E-state index >= 15 is 0 Å². The van der Waals surface area contributed by atoms with E-state index in [1.165, 1.54) is 28.9 Å². The van der Waals surface area contributed by atoms with Crippen LogP contribution in [0.3, 0.4) is 0 Å². The predicted octanol–water partition coefficient (Wildman–Crippen LogP) is 5.49. The normalized spacial score (nSPS) is 13.3. The quantitative estimate of drug-likeness (QED) is 0.455. The van der Waals surface area contributed by atoms with Crippen LogP contribution in [0.2, 0.25) is 0 Å². The maximum Gasteiger partial charge on any atom is 0.313 e. The van der Waals surface area contributed by atoms with Crippen molar-refractivity contribution >= 4 is 39.3 Å². The summed E-state index contributed by atoms with van der Waals surface area (Å²) >= 11 is 1.20. The Hall–Kier alpha value is -3.71. The van der Waals surface area contributed by atoms with Crippen molar-refractivity contribution in [2.75, 3.05) is 5.75 Å². The smallest absolute Gasteiger partial charge is 0.313 e. The molecule has 0 saturated carbocycles. The summed E-state index contributed by atoms with van der Waals surface area (Å²) < 4.78 is 5.54. The molecule has 0 fully saturated rings. The summed E-state index contributed by atoms with van der Waals surface area (Å²) in [6.07, 6.45) is 3.61. The summed E-state index contributed by atoms with van der Waals surface area (Å²) in [5.41, 5.74) is 4.74. The number of nitrogens with zero attached hydrogens (tertiary/aromatic N) is 3. The van der Waals surface area contributed by atoms with Gasteiger partial charge in [0.2, 0.25) is 0 Å². The van der Waals surface area contributed by atoms with E-state index in [0.717, 1.165) is 28.0 Å². The van der Waals surface area contributed by atoms with Crippen LogP contribution in [0.1, 0.15) is 12.0 Å². The SMILES string of the molecule is O=C(O)CSC1=NN=C(c2cc(-c3ccc4ccccc4c3)cc(-c3cnco3)c2)C1. The van der Waals surface area contributed by atoms with Crippen molar-refractivity contribution < 1.29 is 14.3 Å². The maximum absolute atomic E-state index is 10.8. The van der Waals surface area contributed by atoms with Crippen molar-refractivity contribution in [2.24, 2.45) is 10.2 Å². The van der Waals surface area contributed by atoms with Gasteiger partial charge in [-0.2, -0.15) is 5.10 Å². The molecule has 3 aromatic carbocycles. The summed E-state index contributed by atoms with van der Waals surface area (Å²) in [4.78, 5) is 14.9. The molecule has 4 aromatic rings. The number of rotatable bonds is 5. The number of aromatic nitrogens is 1. The van der Waals surface area contributed by atoms with Gasteiger partial charge in [-0.05, 0) is 51.7 Å². The fraction of sp³-hybridized carbons (Fsp3) is 0.0833. The second-order valence-electron chi connectivity index (χ2n) is 7.13. The van der Waals surface area contributed by atoms with Gasteiger partial charge < -0.3 is 9.52 Å². The van der Waals surface area contributed by atoms with E-state index in [1.807, 2.05) is 18.2 Å². The minimum Gasteiger partial charge on any atom is -0.481 e. The molecular formula is C24H17N3O3S. The van der Waals surface area contributed by atoms with Gasteiger partial charge in [-0.3, -0.25) is 4.79 Å². The summed E-state index contributed by atoms with van der Waals surface area (Å²) in [6.45, 7) is 0. The van der Waals surface area contributed by atoms with Crippen LogP contribution in [0.15, 0.2) is 87.9 Å². The summed E-state index contributed by atoms with van der Waals surface area (Å²) in [5.74, 6) is -0.224. The van der Waals surface area contributed by atoms with Gasteiger partial charge in [0, 0.05) is 12.0 Å². The van der Waals surface area contributed by atoms with Gasteiger partial charge in [-0.1, -0.05) is 48.2 Å². The number of benzene rings is 3. The molecule has 6 nitrogen and oxygen atoms in total. The summed E-state index contributed by atoms with van der Waals surface area (Å²) in [7, 11) is 0. The Morgan fingerprint density at radius 2 is 1.74 bits per heavy atom. The summed E-state index contributed by atoms with van der Waals surface area (Å²) in [6, 6.07) is 20.8. The van der Waals surface area contributed by atoms with E-state index in [-0.39, 0.29) is 5.75 Å². The molecular weight excluding hydrogens is 410 g/mol. The average Bonchev–Trinajstić information content (AvgIpc) is 3.49. The van der Waals surface area contributed by atoms with Crippen molar-refractivity contribution in [3.63, 3.8) is 0 Å². The number of hydrogen-bond donors (Lipinski definition) is 1. The lowest BCUT2D eigenvalue weighted by Crippen LogP contribution is -2.05. The molecule has 1 aromatic heterocycles. The van der Waals surface area contributed by atoms with Crippen molar-refractivity contribution in [1.82, 2.24) is 4.98 Å². The topological polar surface area (TPSA) is 88.0 Å². The third-order valence-electron chi connectivity index (χ3n) is 5.03. The van der Waals surface area contributed by atoms with Crippen LogP contribution < -0.4 is 0 Å². The molecule has 0 amide bonds. The van der Waals surface area contributed by atoms with Gasteiger partial charge in [-0.25, -0.2) is 4.98 Å². The first-order valence-electron chi connectivity index (χ1n) is 9.67. The highest BCUT2D eigenvalue weighted by molar-refractivity contribution is 8.14. The molecule has 0 atom stereocenters. The van der Waals surface area contributed by atoms with Crippen LogP contribution in [0, 0.1) is 0 Å². The van der Waals surface area contributed by atoms with E-state index in [1.54, 1.807) is 6.20 Å². The zero-order chi connectivity index (χ0) is 21.2. The maximum atomic E-state index is 10.8. The predicted molar refractivity (Wildman–Crippen MR) is 124 cm³/mol. The largest absolute Gasteiger partial charge is 0.481 e. The molecule has 0 bridgehead atoms. The molecule has 0 spiro atoms. The Morgan fingerprint density at radius 3 is 2.55 bits per heavy atom. The number of aliphatic carboxylic acids is 1. The van der Waals surface area contributed by atoms with Gasteiger partial charge in [-0.15, -0.1) is 5.10 Å². The Kier molecular flexibility index (Phi) is 5.09. The molecule has 2 heterocycles. The van der Waals surface area contributed by atoms with Crippen molar-refractivity contribution in [1.29, 1.82) is 0 Å². The first-order chi connectivity index (χ1) is 15.2. The molecule has 5 rings (SSSR count). The average molecular weight is 427 g/mol. The molecule has 31 heavy (non-hydrogen) atoms. The van der Waals surface area contributed by atoms with Gasteiger partial charge in [0.25, 0.3) is 0 Å². The molecule has 0 aliphatic carbocycles. The summed E-state index contributed by atoms with van der Waals surface area (Å²) in [5, 5.41) is 20.5. The lowest BCUT2D eigenvalue weighted by Gasteiger charge is -2.10. The molecule has 0 saturated heterocycles. The molecule has 152 valence electrons. The van der Waals surface area contributed by atoms with E-state index in [4.69, 9.17) is 9.52 Å². The van der Waals surface area contributed by atoms with Crippen LogP contribution in [-0.2, 0) is 4.79 Å². The van der Waals surface area contributed by atoms with E-state index in [2.05, 4.69) is 57.7 Å². The van der Waals surface area contributed by atoms with Crippen molar-refractivity contribution in [2.45, 2.75) is 6.42 Å². The molecule has 0 unspecified atom stereocenters. The first kappa shape index (κ1) is 19.3. The number of carboxylic acid groups (broad SMARTS) is 1. The number of carbonyl (C=O) groups is 1. The zero-order valence-electron chi connectivity index (χ0n) is 16.4. The number of carboxylic acids is 1. The zero-order valence-corrected chi connectivity index (χ0v) is 17.2. The van der Waals surface area contributed by atoms with Crippen LogP contribution in [0.4, 0.5) is 0 Å².